The number of para-hydroxylation sites is 1. The van der Waals surface area contributed by atoms with E-state index in [-0.39, 0.29) is 17.1 Å². The van der Waals surface area contributed by atoms with Gasteiger partial charge in [0, 0.05) is 4.88 Å². The maximum atomic E-state index is 13.4. The van der Waals surface area contributed by atoms with Crippen LogP contribution in [0.2, 0.25) is 0 Å². The normalized spacial score (nSPS) is 15.9. The van der Waals surface area contributed by atoms with E-state index < -0.39 is 6.04 Å². The summed E-state index contributed by atoms with van der Waals surface area (Å²) in [5, 5.41) is 1.05. The lowest BCUT2D eigenvalue weighted by molar-refractivity contribution is 0.0971. The SMILES string of the molecule is Cc1ccc([C@H]2c3c(oc4ccccc4c3=O)C(=O)N2c2nc(C)c(C)s2)cc1. The van der Waals surface area contributed by atoms with Crippen LogP contribution < -0.4 is 10.3 Å². The van der Waals surface area contributed by atoms with Gasteiger partial charge in [-0.15, -0.1) is 11.3 Å². The van der Waals surface area contributed by atoms with Gasteiger partial charge in [0.15, 0.2) is 10.6 Å². The van der Waals surface area contributed by atoms with Crippen LogP contribution in [-0.2, 0) is 0 Å². The van der Waals surface area contributed by atoms with E-state index in [0.29, 0.717) is 21.7 Å². The summed E-state index contributed by atoms with van der Waals surface area (Å²) in [7, 11) is 0. The van der Waals surface area contributed by atoms with Crippen molar-refractivity contribution in [3.63, 3.8) is 0 Å². The average Bonchev–Trinajstić information content (AvgIpc) is 3.19. The molecular weight excluding hydrogens is 384 g/mol. The summed E-state index contributed by atoms with van der Waals surface area (Å²) in [6, 6.07) is 14.4. The minimum absolute atomic E-state index is 0.102. The average molecular weight is 402 g/mol. The first-order chi connectivity index (χ1) is 14.0. The quantitative estimate of drug-likeness (QED) is 0.477. The van der Waals surface area contributed by atoms with Crippen molar-refractivity contribution in [2.24, 2.45) is 0 Å². The fraction of sp³-hybridized carbons (Fsp3) is 0.174. The predicted octanol–water partition coefficient (Wildman–Crippen LogP) is 4.92. The molecule has 3 heterocycles. The van der Waals surface area contributed by atoms with Crippen molar-refractivity contribution in [1.29, 1.82) is 0 Å². The van der Waals surface area contributed by atoms with Crippen molar-refractivity contribution in [1.82, 2.24) is 4.98 Å². The molecule has 0 saturated carbocycles. The number of amides is 1. The highest BCUT2D eigenvalue weighted by molar-refractivity contribution is 7.15. The van der Waals surface area contributed by atoms with Crippen molar-refractivity contribution in [3.05, 3.63) is 91.8 Å². The topological polar surface area (TPSA) is 63.4 Å². The number of hydrogen-bond acceptors (Lipinski definition) is 5. The molecule has 0 saturated heterocycles. The number of rotatable bonds is 2. The molecule has 1 atom stereocenters. The summed E-state index contributed by atoms with van der Waals surface area (Å²) in [6.45, 7) is 5.90. The third-order valence-corrected chi connectivity index (χ3v) is 6.47. The van der Waals surface area contributed by atoms with Gasteiger partial charge in [-0.2, -0.15) is 0 Å². The molecule has 0 unspecified atom stereocenters. The van der Waals surface area contributed by atoms with Crippen molar-refractivity contribution >= 4 is 33.3 Å². The highest BCUT2D eigenvalue weighted by Gasteiger charge is 2.44. The number of benzene rings is 2. The van der Waals surface area contributed by atoms with Crippen molar-refractivity contribution in [3.8, 4) is 0 Å². The molecule has 1 aliphatic rings. The molecule has 5 nitrogen and oxygen atoms in total. The van der Waals surface area contributed by atoms with Crippen LogP contribution in [0.25, 0.3) is 11.0 Å². The molecule has 0 radical (unpaired) electrons. The number of carbonyl (C=O) groups is 1. The van der Waals surface area contributed by atoms with Crippen LogP contribution >= 0.6 is 11.3 Å². The molecule has 1 aliphatic heterocycles. The first-order valence-corrected chi connectivity index (χ1v) is 10.2. The summed E-state index contributed by atoms with van der Waals surface area (Å²) in [4.78, 5) is 34.1. The Morgan fingerprint density at radius 2 is 1.72 bits per heavy atom. The Hall–Kier alpha value is -3.25. The van der Waals surface area contributed by atoms with Gasteiger partial charge in [-0.1, -0.05) is 42.0 Å². The maximum absolute atomic E-state index is 13.4. The molecule has 0 fully saturated rings. The van der Waals surface area contributed by atoms with Crippen molar-refractivity contribution in [2.45, 2.75) is 26.8 Å². The molecule has 0 spiro atoms. The van der Waals surface area contributed by atoms with Gasteiger partial charge in [0.1, 0.15) is 5.58 Å². The van der Waals surface area contributed by atoms with Gasteiger partial charge >= 0.3 is 0 Å². The number of aromatic nitrogens is 1. The number of nitrogens with zero attached hydrogens (tertiary/aromatic N) is 2. The van der Waals surface area contributed by atoms with Gasteiger partial charge in [-0.25, -0.2) is 4.98 Å². The summed E-state index contributed by atoms with van der Waals surface area (Å²) >= 11 is 1.45. The second kappa shape index (κ2) is 6.39. The number of aryl methyl sites for hydroxylation is 3. The monoisotopic (exact) mass is 402 g/mol. The summed E-state index contributed by atoms with van der Waals surface area (Å²) < 4.78 is 5.95. The minimum atomic E-state index is -0.566. The molecule has 29 heavy (non-hydrogen) atoms. The molecule has 1 amide bonds. The van der Waals surface area contributed by atoms with E-state index in [1.54, 1.807) is 29.2 Å². The van der Waals surface area contributed by atoms with Gasteiger partial charge in [0.25, 0.3) is 5.91 Å². The highest BCUT2D eigenvalue weighted by atomic mass is 32.1. The van der Waals surface area contributed by atoms with Crippen LogP contribution in [0, 0.1) is 20.8 Å². The minimum Gasteiger partial charge on any atom is -0.450 e. The van der Waals surface area contributed by atoms with Gasteiger partial charge in [0.05, 0.1) is 22.7 Å². The van der Waals surface area contributed by atoms with Crippen LogP contribution in [0.5, 0.6) is 0 Å². The zero-order valence-electron chi connectivity index (χ0n) is 16.2. The molecule has 5 rings (SSSR count). The predicted molar refractivity (Wildman–Crippen MR) is 114 cm³/mol. The van der Waals surface area contributed by atoms with E-state index in [4.69, 9.17) is 4.42 Å². The Balaban J connectivity index is 1.82. The Morgan fingerprint density at radius 1 is 1.00 bits per heavy atom. The third kappa shape index (κ3) is 2.63. The number of fused-ring (bicyclic) bond motifs is 2. The smallest absolute Gasteiger partial charge is 0.297 e. The first kappa shape index (κ1) is 17.8. The largest absolute Gasteiger partial charge is 0.450 e. The molecule has 6 heteroatoms. The van der Waals surface area contributed by atoms with Crippen LogP contribution in [0.3, 0.4) is 0 Å². The highest BCUT2D eigenvalue weighted by Crippen LogP contribution is 2.42. The van der Waals surface area contributed by atoms with Crippen LogP contribution in [-0.4, -0.2) is 10.9 Å². The lowest BCUT2D eigenvalue weighted by Gasteiger charge is -2.22. The standard InChI is InChI=1S/C23H18N2O3S/c1-12-8-10-15(11-9-12)19-18-20(26)16-6-4-5-7-17(16)28-21(18)22(27)25(19)23-24-13(2)14(3)29-23/h4-11,19H,1-3H3/t19-/m0/s1. The molecule has 0 N–H and O–H groups in total. The van der Waals surface area contributed by atoms with E-state index in [1.807, 2.05) is 45.0 Å². The van der Waals surface area contributed by atoms with Gasteiger partial charge in [-0.3, -0.25) is 14.5 Å². The van der Waals surface area contributed by atoms with E-state index >= 15 is 0 Å². The van der Waals surface area contributed by atoms with Crippen LogP contribution in [0.1, 0.15) is 43.9 Å². The molecular formula is C23H18N2O3S. The number of carbonyl (C=O) groups excluding carboxylic acids is 1. The third-order valence-electron chi connectivity index (χ3n) is 5.39. The van der Waals surface area contributed by atoms with E-state index in [9.17, 15) is 9.59 Å². The number of hydrogen-bond donors (Lipinski definition) is 0. The van der Waals surface area contributed by atoms with Gasteiger partial charge < -0.3 is 4.42 Å². The van der Waals surface area contributed by atoms with E-state index in [0.717, 1.165) is 21.7 Å². The zero-order chi connectivity index (χ0) is 20.3. The lowest BCUT2D eigenvalue weighted by atomic mass is 9.98. The van der Waals surface area contributed by atoms with Gasteiger partial charge in [0.2, 0.25) is 5.76 Å². The van der Waals surface area contributed by atoms with Crippen LogP contribution in [0.15, 0.2) is 57.7 Å². The summed E-state index contributed by atoms with van der Waals surface area (Å²) in [6.07, 6.45) is 0. The molecule has 4 aromatic rings. The van der Waals surface area contributed by atoms with E-state index in [1.165, 1.54) is 11.3 Å². The Bertz CT molecular complexity index is 1320. The summed E-state index contributed by atoms with van der Waals surface area (Å²) in [5.74, 6) is -0.230. The molecule has 2 aromatic carbocycles. The molecule has 0 bridgehead atoms. The van der Waals surface area contributed by atoms with E-state index in [2.05, 4.69) is 4.98 Å². The van der Waals surface area contributed by atoms with Crippen molar-refractivity contribution in [2.75, 3.05) is 4.90 Å². The number of anilines is 1. The fourth-order valence-electron chi connectivity index (χ4n) is 3.74. The van der Waals surface area contributed by atoms with Crippen molar-refractivity contribution < 1.29 is 9.21 Å². The molecule has 2 aromatic heterocycles. The zero-order valence-corrected chi connectivity index (χ0v) is 17.0. The molecule has 144 valence electrons. The maximum Gasteiger partial charge on any atom is 0.297 e. The first-order valence-electron chi connectivity index (χ1n) is 9.35. The second-order valence-electron chi connectivity index (χ2n) is 7.30. The van der Waals surface area contributed by atoms with Crippen LogP contribution in [0.4, 0.5) is 5.13 Å². The Kier molecular flexibility index (Phi) is 3.93. The Morgan fingerprint density at radius 3 is 2.41 bits per heavy atom. The fourth-order valence-corrected chi connectivity index (χ4v) is 4.68. The van der Waals surface area contributed by atoms with Gasteiger partial charge in [-0.05, 0) is 38.5 Å². The molecule has 0 aliphatic carbocycles. The summed E-state index contributed by atoms with van der Waals surface area (Å²) in [5.41, 5.74) is 3.46. The Labute approximate surface area is 171 Å². The number of thiazole rings is 1. The second-order valence-corrected chi connectivity index (χ2v) is 8.48. The lowest BCUT2D eigenvalue weighted by Crippen LogP contribution is -2.29.